The Kier molecular flexibility index (Phi) is 3.87. The summed E-state index contributed by atoms with van der Waals surface area (Å²) < 4.78 is 0. The molecule has 1 atom stereocenters. The average molecular weight is 156 g/mol. The second kappa shape index (κ2) is 4.73. The minimum absolute atomic E-state index is 0.695. The lowest BCUT2D eigenvalue weighted by atomic mass is 10.2. The molecule has 0 aliphatic carbocycles. The van der Waals surface area contributed by atoms with E-state index in [2.05, 4.69) is 24.1 Å². The summed E-state index contributed by atoms with van der Waals surface area (Å²) in [5, 5.41) is 3.45. The van der Waals surface area contributed by atoms with Crippen LogP contribution in [0.3, 0.4) is 0 Å². The fourth-order valence-electron chi connectivity index (χ4n) is 1.60. The monoisotopic (exact) mass is 156 g/mol. The summed E-state index contributed by atoms with van der Waals surface area (Å²) in [6.07, 6.45) is 2.67. The third-order valence-corrected chi connectivity index (χ3v) is 2.28. The molecule has 1 aliphatic rings. The van der Waals surface area contributed by atoms with Crippen molar-refractivity contribution in [2.45, 2.75) is 32.7 Å². The molecule has 0 radical (unpaired) electrons. The zero-order valence-corrected chi connectivity index (χ0v) is 7.77. The molecule has 0 bridgehead atoms. The van der Waals surface area contributed by atoms with Crippen LogP contribution in [0.4, 0.5) is 0 Å². The van der Waals surface area contributed by atoms with Crippen molar-refractivity contribution in [2.24, 2.45) is 0 Å². The summed E-state index contributed by atoms with van der Waals surface area (Å²) in [6, 6.07) is 0.695. The van der Waals surface area contributed by atoms with E-state index in [1.165, 1.54) is 39.0 Å². The Labute approximate surface area is 70.0 Å². The first-order valence-electron chi connectivity index (χ1n) is 4.78. The third kappa shape index (κ3) is 3.21. The Balaban J connectivity index is 2.12. The van der Waals surface area contributed by atoms with E-state index in [4.69, 9.17) is 0 Å². The molecule has 0 amide bonds. The molecule has 2 nitrogen and oxygen atoms in total. The zero-order chi connectivity index (χ0) is 8.10. The van der Waals surface area contributed by atoms with Crippen molar-refractivity contribution < 1.29 is 0 Å². The van der Waals surface area contributed by atoms with Gasteiger partial charge in [-0.3, -0.25) is 0 Å². The fourth-order valence-corrected chi connectivity index (χ4v) is 1.60. The number of hydrogen-bond acceptors (Lipinski definition) is 2. The topological polar surface area (TPSA) is 15.3 Å². The van der Waals surface area contributed by atoms with Crippen molar-refractivity contribution in [3.8, 4) is 0 Å². The maximum absolute atomic E-state index is 3.45. The van der Waals surface area contributed by atoms with Gasteiger partial charge in [0.25, 0.3) is 0 Å². The van der Waals surface area contributed by atoms with Crippen molar-refractivity contribution in [1.82, 2.24) is 10.2 Å². The van der Waals surface area contributed by atoms with E-state index in [-0.39, 0.29) is 0 Å². The van der Waals surface area contributed by atoms with E-state index in [0.29, 0.717) is 6.04 Å². The van der Waals surface area contributed by atoms with Gasteiger partial charge in [-0.05, 0) is 19.9 Å². The van der Waals surface area contributed by atoms with Gasteiger partial charge in [-0.1, -0.05) is 13.3 Å². The molecule has 2 heteroatoms. The van der Waals surface area contributed by atoms with E-state index in [1.54, 1.807) is 0 Å². The van der Waals surface area contributed by atoms with Gasteiger partial charge >= 0.3 is 0 Å². The molecule has 66 valence electrons. The van der Waals surface area contributed by atoms with Gasteiger partial charge < -0.3 is 10.2 Å². The van der Waals surface area contributed by atoms with Crippen LogP contribution in [0.1, 0.15) is 26.7 Å². The van der Waals surface area contributed by atoms with Crippen LogP contribution in [0.2, 0.25) is 0 Å². The van der Waals surface area contributed by atoms with Crippen LogP contribution < -0.4 is 5.32 Å². The van der Waals surface area contributed by atoms with Gasteiger partial charge in [0.15, 0.2) is 0 Å². The Bertz CT molecular complexity index is 104. The standard InChI is InChI=1S/C9H20N2/c1-3-4-6-11-7-5-10-9(2)8-11/h9-10H,3-8H2,1-2H3/t9-/m1/s1. The quantitative estimate of drug-likeness (QED) is 0.658. The number of hydrogen-bond donors (Lipinski definition) is 1. The van der Waals surface area contributed by atoms with Crippen molar-refractivity contribution in [1.29, 1.82) is 0 Å². The normalized spacial score (nSPS) is 27.3. The maximum Gasteiger partial charge on any atom is 0.0167 e. The SMILES string of the molecule is CCCCN1CCN[C@H](C)C1. The van der Waals surface area contributed by atoms with Crippen LogP contribution in [0.5, 0.6) is 0 Å². The summed E-state index contributed by atoms with van der Waals surface area (Å²) in [5.74, 6) is 0. The number of rotatable bonds is 3. The lowest BCUT2D eigenvalue weighted by Gasteiger charge is -2.31. The summed E-state index contributed by atoms with van der Waals surface area (Å²) in [7, 11) is 0. The minimum Gasteiger partial charge on any atom is -0.312 e. The molecule has 0 unspecified atom stereocenters. The van der Waals surface area contributed by atoms with E-state index in [1.807, 2.05) is 0 Å². The highest BCUT2D eigenvalue weighted by atomic mass is 15.2. The average Bonchev–Trinajstić information content (AvgIpc) is 2.01. The fraction of sp³-hybridized carbons (Fsp3) is 1.00. The number of nitrogens with zero attached hydrogens (tertiary/aromatic N) is 1. The molecule has 1 N–H and O–H groups in total. The Hall–Kier alpha value is -0.0800. The molecule has 11 heavy (non-hydrogen) atoms. The first-order valence-corrected chi connectivity index (χ1v) is 4.78. The highest BCUT2D eigenvalue weighted by Crippen LogP contribution is 2.00. The van der Waals surface area contributed by atoms with Gasteiger partial charge in [0.05, 0.1) is 0 Å². The second-order valence-corrected chi connectivity index (χ2v) is 3.51. The summed E-state index contributed by atoms with van der Waals surface area (Å²) in [4.78, 5) is 2.56. The van der Waals surface area contributed by atoms with E-state index in [0.717, 1.165) is 0 Å². The van der Waals surface area contributed by atoms with Crippen molar-refractivity contribution >= 4 is 0 Å². The molecular formula is C9H20N2. The van der Waals surface area contributed by atoms with Gasteiger partial charge in [-0.2, -0.15) is 0 Å². The van der Waals surface area contributed by atoms with Crippen molar-refractivity contribution in [3.05, 3.63) is 0 Å². The molecule has 1 fully saturated rings. The van der Waals surface area contributed by atoms with E-state index < -0.39 is 0 Å². The molecule has 1 rings (SSSR count). The molecule has 1 saturated heterocycles. The number of nitrogens with one attached hydrogen (secondary N) is 1. The lowest BCUT2D eigenvalue weighted by molar-refractivity contribution is 0.204. The van der Waals surface area contributed by atoms with E-state index in [9.17, 15) is 0 Å². The second-order valence-electron chi connectivity index (χ2n) is 3.51. The highest BCUT2D eigenvalue weighted by Gasteiger charge is 2.13. The van der Waals surface area contributed by atoms with Gasteiger partial charge in [-0.15, -0.1) is 0 Å². The maximum atomic E-state index is 3.45. The first kappa shape index (κ1) is 9.01. The van der Waals surface area contributed by atoms with Gasteiger partial charge in [-0.25, -0.2) is 0 Å². The third-order valence-electron chi connectivity index (χ3n) is 2.28. The van der Waals surface area contributed by atoms with Crippen LogP contribution in [-0.4, -0.2) is 37.1 Å². The van der Waals surface area contributed by atoms with Gasteiger partial charge in [0.1, 0.15) is 0 Å². The van der Waals surface area contributed by atoms with Gasteiger partial charge in [0.2, 0.25) is 0 Å². The summed E-state index contributed by atoms with van der Waals surface area (Å²) in [6.45, 7) is 9.46. The summed E-state index contributed by atoms with van der Waals surface area (Å²) in [5.41, 5.74) is 0. The predicted molar refractivity (Wildman–Crippen MR) is 48.8 cm³/mol. The highest BCUT2D eigenvalue weighted by molar-refractivity contribution is 4.74. The molecule has 0 aromatic carbocycles. The Morgan fingerprint density at radius 3 is 3.00 bits per heavy atom. The minimum atomic E-state index is 0.695. The molecule has 0 aromatic rings. The molecule has 1 aliphatic heterocycles. The van der Waals surface area contributed by atoms with Crippen LogP contribution >= 0.6 is 0 Å². The molecule has 0 saturated carbocycles. The first-order chi connectivity index (χ1) is 5.33. The number of piperazine rings is 1. The van der Waals surface area contributed by atoms with E-state index >= 15 is 0 Å². The van der Waals surface area contributed by atoms with Crippen LogP contribution in [0, 0.1) is 0 Å². The Morgan fingerprint density at radius 2 is 2.36 bits per heavy atom. The zero-order valence-electron chi connectivity index (χ0n) is 7.77. The summed E-state index contributed by atoms with van der Waals surface area (Å²) >= 11 is 0. The van der Waals surface area contributed by atoms with Gasteiger partial charge in [0, 0.05) is 25.7 Å². The largest absolute Gasteiger partial charge is 0.312 e. The number of unbranched alkanes of at least 4 members (excludes halogenated alkanes) is 1. The van der Waals surface area contributed by atoms with Crippen LogP contribution in [-0.2, 0) is 0 Å². The van der Waals surface area contributed by atoms with Crippen molar-refractivity contribution in [2.75, 3.05) is 26.2 Å². The molecule has 1 heterocycles. The Morgan fingerprint density at radius 1 is 1.55 bits per heavy atom. The molecule has 0 aromatic heterocycles. The predicted octanol–water partition coefficient (Wildman–Crippen LogP) is 1.08. The van der Waals surface area contributed by atoms with Crippen LogP contribution in [0.25, 0.3) is 0 Å². The van der Waals surface area contributed by atoms with Crippen molar-refractivity contribution in [3.63, 3.8) is 0 Å². The van der Waals surface area contributed by atoms with Crippen LogP contribution in [0.15, 0.2) is 0 Å². The lowest BCUT2D eigenvalue weighted by Crippen LogP contribution is -2.49. The molecular weight excluding hydrogens is 136 g/mol. The molecule has 0 spiro atoms. The smallest absolute Gasteiger partial charge is 0.0167 e.